The molecule has 1 atom stereocenters. The highest BCUT2D eigenvalue weighted by Gasteiger charge is 2.32. The zero-order valence-electron chi connectivity index (χ0n) is 16.3. The molecular weight excluding hydrogens is 358 g/mol. The van der Waals surface area contributed by atoms with Crippen LogP contribution in [-0.2, 0) is 19.2 Å². The normalized spacial score (nSPS) is 14.2. The number of hydrogen-bond donors (Lipinski definition) is 1. The molecule has 0 aromatic heterocycles. The first kappa shape index (κ1) is 20.0. The average molecular weight is 383 g/mol. The molecule has 28 heavy (non-hydrogen) atoms. The molecule has 1 aliphatic carbocycles. The lowest BCUT2D eigenvalue weighted by molar-refractivity contribution is -0.206. The number of carbonyl (C=O) groups excluding carboxylic acids is 1. The molecule has 1 amide bonds. The number of hydrogen-bond acceptors (Lipinski definition) is 4. The van der Waals surface area contributed by atoms with Crippen molar-refractivity contribution in [3.8, 4) is 11.1 Å². The Morgan fingerprint density at radius 3 is 2.11 bits per heavy atom. The van der Waals surface area contributed by atoms with Gasteiger partial charge in [-0.1, -0.05) is 48.5 Å². The topological polar surface area (TPSA) is 76.1 Å². The molecule has 0 saturated carbocycles. The van der Waals surface area contributed by atoms with Gasteiger partial charge >= 0.3 is 5.97 Å². The van der Waals surface area contributed by atoms with E-state index in [-0.39, 0.29) is 19.1 Å². The van der Waals surface area contributed by atoms with E-state index in [9.17, 15) is 14.7 Å². The number of amides is 1. The van der Waals surface area contributed by atoms with E-state index in [2.05, 4.69) is 12.1 Å². The Hall–Kier alpha value is -2.70. The predicted molar refractivity (Wildman–Crippen MR) is 105 cm³/mol. The van der Waals surface area contributed by atoms with Crippen LogP contribution >= 0.6 is 0 Å². The first-order valence-electron chi connectivity index (χ1n) is 9.23. The van der Waals surface area contributed by atoms with Crippen LogP contribution in [0.4, 0.5) is 0 Å². The third-order valence-electron chi connectivity index (χ3n) is 4.72. The van der Waals surface area contributed by atoms with Gasteiger partial charge in [-0.15, -0.1) is 0 Å². The third-order valence-corrected chi connectivity index (χ3v) is 4.72. The number of ether oxygens (including phenoxy) is 1. The van der Waals surface area contributed by atoms with Gasteiger partial charge in [-0.05, 0) is 43.0 Å². The van der Waals surface area contributed by atoms with Crippen molar-refractivity contribution < 1.29 is 24.3 Å². The van der Waals surface area contributed by atoms with Gasteiger partial charge in [0.15, 0.2) is 6.04 Å². The number of carboxylic acids is 1. The monoisotopic (exact) mass is 383 g/mol. The molecule has 0 unspecified atom stereocenters. The molecule has 148 valence electrons. The summed E-state index contributed by atoms with van der Waals surface area (Å²) in [5.74, 6) is -1.25. The highest BCUT2D eigenvalue weighted by Crippen LogP contribution is 2.44. The summed E-state index contributed by atoms with van der Waals surface area (Å²) in [4.78, 5) is 28.9. The standard InChI is InChI=1S/C22H25NO5/c1-22(2,3)27-13-20(21(25)26)23(14-24)28-12-19-17-10-6-4-8-15(17)16-9-5-7-11-18(16)19/h4-11,14,19-20H,12-13H2,1-3H3,(H,25,26)/t20-/m0/s1. The quantitative estimate of drug-likeness (QED) is 0.558. The summed E-state index contributed by atoms with van der Waals surface area (Å²) in [5, 5.41) is 10.4. The predicted octanol–water partition coefficient (Wildman–Crippen LogP) is 3.46. The van der Waals surface area contributed by atoms with Gasteiger partial charge in [0.1, 0.15) is 0 Å². The number of carbonyl (C=O) groups is 2. The van der Waals surface area contributed by atoms with Gasteiger partial charge in [-0.25, -0.2) is 9.86 Å². The van der Waals surface area contributed by atoms with Crippen LogP contribution in [0.3, 0.4) is 0 Å². The molecule has 6 heteroatoms. The van der Waals surface area contributed by atoms with Gasteiger partial charge in [0.25, 0.3) is 0 Å². The van der Waals surface area contributed by atoms with Gasteiger partial charge in [0.05, 0.1) is 18.8 Å². The molecule has 2 aromatic carbocycles. The Morgan fingerprint density at radius 1 is 1.11 bits per heavy atom. The van der Waals surface area contributed by atoms with E-state index in [1.54, 1.807) is 0 Å². The van der Waals surface area contributed by atoms with Gasteiger partial charge in [0, 0.05) is 5.92 Å². The van der Waals surface area contributed by atoms with Crippen LogP contribution in [0.5, 0.6) is 0 Å². The lowest BCUT2D eigenvalue weighted by atomic mass is 9.98. The Kier molecular flexibility index (Phi) is 5.82. The molecule has 3 rings (SSSR count). The largest absolute Gasteiger partial charge is 0.480 e. The van der Waals surface area contributed by atoms with E-state index in [4.69, 9.17) is 9.57 Å². The van der Waals surface area contributed by atoms with E-state index in [0.29, 0.717) is 6.41 Å². The maximum absolute atomic E-state index is 11.6. The summed E-state index contributed by atoms with van der Waals surface area (Å²) in [7, 11) is 0. The van der Waals surface area contributed by atoms with E-state index in [0.717, 1.165) is 27.3 Å². The molecule has 0 spiro atoms. The van der Waals surface area contributed by atoms with E-state index in [1.165, 1.54) is 0 Å². The summed E-state index contributed by atoms with van der Waals surface area (Å²) in [6, 6.07) is 14.9. The Labute approximate surface area is 164 Å². The molecule has 0 fully saturated rings. The van der Waals surface area contributed by atoms with Crippen LogP contribution in [-0.4, -0.2) is 47.4 Å². The van der Waals surface area contributed by atoms with Crippen molar-refractivity contribution in [2.75, 3.05) is 13.2 Å². The maximum Gasteiger partial charge on any atom is 0.331 e. The molecule has 6 nitrogen and oxygen atoms in total. The van der Waals surface area contributed by atoms with Crippen LogP contribution in [0.15, 0.2) is 48.5 Å². The van der Waals surface area contributed by atoms with Crippen LogP contribution in [0.25, 0.3) is 11.1 Å². The fourth-order valence-electron chi connectivity index (χ4n) is 3.38. The highest BCUT2D eigenvalue weighted by atomic mass is 16.7. The number of fused-ring (bicyclic) bond motifs is 3. The molecule has 2 aromatic rings. The van der Waals surface area contributed by atoms with Crippen molar-refractivity contribution in [3.63, 3.8) is 0 Å². The van der Waals surface area contributed by atoms with Gasteiger partial charge < -0.3 is 9.84 Å². The molecular formula is C22H25NO5. The fraction of sp³-hybridized carbons (Fsp3) is 0.364. The first-order valence-corrected chi connectivity index (χ1v) is 9.23. The zero-order chi connectivity index (χ0) is 20.3. The Bertz CT molecular complexity index is 813. The summed E-state index contributed by atoms with van der Waals surface area (Å²) in [6.07, 6.45) is 0.400. The first-order chi connectivity index (χ1) is 13.3. The third kappa shape index (κ3) is 4.24. The molecule has 0 radical (unpaired) electrons. The average Bonchev–Trinajstić information content (AvgIpc) is 2.97. The number of rotatable bonds is 8. The second-order valence-corrected chi connectivity index (χ2v) is 7.77. The molecule has 1 aliphatic rings. The van der Waals surface area contributed by atoms with Crippen molar-refractivity contribution >= 4 is 12.4 Å². The van der Waals surface area contributed by atoms with Crippen LogP contribution in [0.2, 0.25) is 0 Å². The van der Waals surface area contributed by atoms with E-state index < -0.39 is 17.6 Å². The van der Waals surface area contributed by atoms with E-state index >= 15 is 0 Å². The second kappa shape index (κ2) is 8.12. The lowest BCUT2D eigenvalue weighted by Crippen LogP contribution is -2.45. The molecule has 0 saturated heterocycles. The maximum atomic E-state index is 11.6. The van der Waals surface area contributed by atoms with Crippen LogP contribution in [0.1, 0.15) is 37.8 Å². The molecule has 0 aliphatic heterocycles. The minimum Gasteiger partial charge on any atom is -0.480 e. The summed E-state index contributed by atoms with van der Waals surface area (Å²) >= 11 is 0. The fourth-order valence-corrected chi connectivity index (χ4v) is 3.38. The van der Waals surface area contributed by atoms with Crippen LogP contribution in [0, 0.1) is 0 Å². The second-order valence-electron chi connectivity index (χ2n) is 7.77. The minimum absolute atomic E-state index is 0.0761. The SMILES string of the molecule is CC(C)(C)OC[C@@H](C(=O)O)N(C=O)OCC1c2ccccc2-c2ccccc21. The van der Waals surface area contributed by atoms with Gasteiger partial charge in [-0.3, -0.25) is 9.63 Å². The van der Waals surface area contributed by atoms with Crippen molar-refractivity contribution in [2.45, 2.75) is 38.3 Å². The zero-order valence-corrected chi connectivity index (χ0v) is 16.3. The number of aliphatic carboxylic acids is 1. The number of hydroxylamine groups is 2. The minimum atomic E-state index is -1.22. The van der Waals surface area contributed by atoms with Gasteiger partial charge in [-0.2, -0.15) is 0 Å². The number of nitrogens with zero attached hydrogens (tertiary/aromatic N) is 1. The molecule has 0 bridgehead atoms. The number of carboxylic acid groups (broad SMARTS) is 1. The highest BCUT2D eigenvalue weighted by molar-refractivity contribution is 5.79. The van der Waals surface area contributed by atoms with E-state index in [1.807, 2.05) is 57.2 Å². The Balaban J connectivity index is 1.77. The smallest absolute Gasteiger partial charge is 0.331 e. The number of benzene rings is 2. The summed E-state index contributed by atoms with van der Waals surface area (Å²) in [5.41, 5.74) is 3.95. The Morgan fingerprint density at radius 2 is 1.64 bits per heavy atom. The van der Waals surface area contributed by atoms with Crippen molar-refractivity contribution in [1.29, 1.82) is 0 Å². The molecule has 1 N–H and O–H groups in total. The summed E-state index contributed by atoms with van der Waals surface area (Å²) in [6.45, 7) is 5.47. The van der Waals surface area contributed by atoms with Gasteiger partial charge in [0.2, 0.25) is 6.41 Å². The van der Waals surface area contributed by atoms with Crippen molar-refractivity contribution in [3.05, 3.63) is 59.7 Å². The van der Waals surface area contributed by atoms with Crippen molar-refractivity contribution in [2.24, 2.45) is 0 Å². The molecule has 0 heterocycles. The van der Waals surface area contributed by atoms with Crippen molar-refractivity contribution in [1.82, 2.24) is 5.06 Å². The van der Waals surface area contributed by atoms with Crippen LogP contribution < -0.4 is 0 Å². The lowest BCUT2D eigenvalue weighted by Gasteiger charge is -2.28. The summed E-state index contributed by atoms with van der Waals surface area (Å²) < 4.78 is 5.56.